The lowest BCUT2D eigenvalue weighted by Gasteiger charge is -2.17. The third kappa shape index (κ3) is 2.73. The Morgan fingerprint density at radius 1 is 1.18 bits per heavy atom. The van der Waals surface area contributed by atoms with Gasteiger partial charge in [0.05, 0.1) is 17.4 Å². The minimum atomic E-state index is 0.641. The Labute approximate surface area is 102 Å². The van der Waals surface area contributed by atoms with E-state index in [2.05, 4.69) is 42.4 Å². The number of hydrogen-bond acceptors (Lipinski definition) is 3. The molecule has 1 atom stereocenters. The van der Waals surface area contributed by atoms with Crippen LogP contribution in [0.4, 0.5) is 5.69 Å². The van der Waals surface area contributed by atoms with Crippen molar-refractivity contribution in [3.63, 3.8) is 0 Å². The summed E-state index contributed by atoms with van der Waals surface area (Å²) in [6, 6.07) is 8.07. The predicted molar refractivity (Wildman–Crippen MR) is 72.0 cm³/mol. The summed E-state index contributed by atoms with van der Waals surface area (Å²) in [4.78, 5) is 0. The van der Waals surface area contributed by atoms with Gasteiger partial charge in [0.2, 0.25) is 0 Å². The van der Waals surface area contributed by atoms with Crippen molar-refractivity contribution >= 4 is 16.6 Å². The fraction of sp³-hybridized carbons (Fsp3) is 0.429. The van der Waals surface area contributed by atoms with Gasteiger partial charge in [0.1, 0.15) is 0 Å². The van der Waals surface area contributed by atoms with Gasteiger partial charge < -0.3 is 5.32 Å². The average molecular weight is 229 g/mol. The van der Waals surface area contributed by atoms with Crippen LogP contribution in [0.3, 0.4) is 0 Å². The first-order valence-electron chi connectivity index (χ1n) is 6.13. The van der Waals surface area contributed by atoms with E-state index in [0.717, 1.165) is 23.1 Å². The first-order valence-corrected chi connectivity index (χ1v) is 6.13. The van der Waals surface area contributed by atoms with Crippen molar-refractivity contribution < 1.29 is 0 Å². The fourth-order valence-corrected chi connectivity index (χ4v) is 1.65. The second-order valence-electron chi connectivity index (χ2n) is 4.88. The Hall–Kier alpha value is -1.64. The van der Waals surface area contributed by atoms with Crippen molar-refractivity contribution in [1.29, 1.82) is 0 Å². The van der Waals surface area contributed by atoms with Gasteiger partial charge in [-0.2, -0.15) is 10.2 Å². The van der Waals surface area contributed by atoms with Crippen molar-refractivity contribution in [3.05, 3.63) is 30.5 Å². The van der Waals surface area contributed by atoms with Gasteiger partial charge in [-0.1, -0.05) is 39.0 Å². The van der Waals surface area contributed by atoms with Crippen LogP contribution in [0.2, 0.25) is 0 Å². The van der Waals surface area contributed by atoms with E-state index in [1.54, 1.807) is 6.20 Å². The zero-order valence-corrected chi connectivity index (χ0v) is 10.6. The Bertz CT molecular complexity index is 488. The quantitative estimate of drug-likeness (QED) is 0.873. The van der Waals surface area contributed by atoms with Crippen LogP contribution >= 0.6 is 0 Å². The third-order valence-corrected chi connectivity index (χ3v) is 3.30. The molecule has 0 spiro atoms. The van der Waals surface area contributed by atoms with E-state index < -0.39 is 0 Å². The highest BCUT2D eigenvalue weighted by atomic mass is 15.1. The number of fused-ring (bicyclic) bond motifs is 1. The first-order chi connectivity index (χ1) is 8.18. The molecule has 0 saturated heterocycles. The van der Waals surface area contributed by atoms with Crippen LogP contribution < -0.4 is 5.32 Å². The lowest BCUT2D eigenvalue weighted by Crippen LogP contribution is -2.16. The van der Waals surface area contributed by atoms with E-state index in [1.165, 1.54) is 0 Å². The molecular formula is C14H19N3. The molecule has 0 amide bonds. The summed E-state index contributed by atoms with van der Waals surface area (Å²) in [6.07, 6.45) is 1.80. The SMILES string of the molecule is CC(C)C(C)CNc1cnnc2ccccc12. The highest BCUT2D eigenvalue weighted by Gasteiger charge is 2.08. The van der Waals surface area contributed by atoms with Gasteiger partial charge in [0.25, 0.3) is 0 Å². The lowest BCUT2D eigenvalue weighted by molar-refractivity contribution is 0.440. The summed E-state index contributed by atoms with van der Waals surface area (Å²) in [6.45, 7) is 7.71. The van der Waals surface area contributed by atoms with Crippen LogP contribution in [0.25, 0.3) is 10.9 Å². The summed E-state index contributed by atoms with van der Waals surface area (Å²) >= 11 is 0. The molecule has 1 aromatic heterocycles. The van der Waals surface area contributed by atoms with Crippen molar-refractivity contribution in [3.8, 4) is 0 Å². The molecule has 0 bridgehead atoms. The molecule has 0 fully saturated rings. The van der Waals surface area contributed by atoms with E-state index in [-0.39, 0.29) is 0 Å². The molecule has 0 aliphatic carbocycles. The topological polar surface area (TPSA) is 37.8 Å². The van der Waals surface area contributed by atoms with Gasteiger partial charge in [-0.15, -0.1) is 0 Å². The minimum absolute atomic E-state index is 0.641. The number of nitrogens with zero attached hydrogens (tertiary/aromatic N) is 2. The van der Waals surface area contributed by atoms with E-state index in [0.29, 0.717) is 11.8 Å². The number of nitrogens with one attached hydrogen (secondary N) is 1. The zero-order valence-electron chi connectivity index (χ0n) is 10.6. The Kier molecular flexibility index (Phi) is 3.57. The van der Waals surface area contributed by atoms with Crippen molar-refractivity contribution in [2.24, 2.45) is 11.8 Å². The second kappa shape index (κ2) is 5.13. The molecule has 0 aliphatic rings. The molecule has 2 aromatic rings. The molecule has 3 nitrogen and oxygen atoms in total. The summed E-state index contributed by atoms with van der Waals surface area (Å²) in [7, 11) is 0. The van der Waals surface area contributed by atoms with E-state index in [1.807, 2.05) is 18.2 Å². The van der Waals surface area contributed by atoms with Gasteiger partial charge >= 0.3 is 0 Å². The van der Waals surface area contributed by atoms with Crippen LogP contribution in [0.1, 0.15) is 20.8 Å². The summed E-state index contributed by atoms with van der Waals surface area (Å²) < 4.78 is 0. The van der Waals surface area contributed by atoms with Crippen molar-refractivity contribution in [1.82, 2.24) is 10.2 Å². The minimum Gasteiger partial charge on any atom is -0.383 e. The molecule has 0 saturated carbocycles. The van der Waals surface area contributed by atoms with Crippen molar-refractivity contribution in [2.75, 3.05) is 11.9 Å². The van der Waals surface area contributed by atoms with E-state index in [9.17, 15) is 0 Å². The maximum atomic E-state index is 4.11. The van der Waals surface area contributed by atoms with Crippen LogP contribution in [-0.4, -0.2) is 16.7 Å². The molecule has 1 unspecified atom stereocenters. The lowest BCUT2D eigenvalue weighted by atomic mass is 9.98. The van der Waals surface area contributed by atoms with Crippen LogP contribution in [0.15, 0.2) is 30.5 Å². The molecule has 1 N–H and O–H groups in total. The normalized spacial score (nSPS) is 12.9. The Balaban J connectivity index is 2.19. The van der Waals surface area contributed by atoms with Gasteiger partial charge in [0, 0.05) is 11.9 Å². The Morgan fingerprint density at radius 3 is 2.71 bits per heavy atom. The predicted octanol–water partition coefficient (Wildman–Crippen LogP) is 3.33. The Morgan fingerprint density at radius 2 is 1.94 bits per heavy atom. The average Bonchev–Trinajstić information content (AvgIpc) is 2.35. The van der Waals surface area contributed by atoms with Crippen LogP contribution in [0.5, 0.6) is 0 Å². The zero-order chi connectivity index (χ0) is 12.3. The second-order valence-corrected chi connectivity index (χ2v) is 4.88. The van der Waals surface area contributed by atoms with Crippen LogP contribution in [0, 0.1) is 11.8 Å². The first kappa shape index (κ1) is 11.8. The van der Waals surface area contributed by atoms with Crippen LogP contribution in [-0.2, 0) is 0 Å². The highest BCUT2D eigenvalue weighted by Crippen LogP contribution is 2.20. The molecule has 2 rings (SSSR count). The van der Waals surface area contributed by atoms with Crippen molar-refractivity contribution in [2.45, 2.75) is 20.8 Å². The number of aromatic nitrogens is 2. The molecule has 1 heterocycles. The molecular weight excluding hydrogens is 210 g/mol. The van der Waals surface area contributed by atoms with Gasteiger partial charge in [0.15, 0.2) is 0 Å². The number of benzene rings is 1. The smallest absolute Gasteiger partial charge is 0.0950 e. The molecule has 1 aromatic carbocycles. The number of hydrogen-bond donors (Lipinski definition) is 1. The highest BCUT2D eigenvalue weighted by molar-refractivity contribution is 5.90. The van der Waals surface area contributed by atoms with E-state index >= 15 is 0 Å². The maximum Gasteiger partial charge on any atom is 0.0950 e. The van der Waals surface area contributed by atoms with E-state index in [4.69, 9.17) is 0 Å². The molecule has 90 valence electrons. The summed E-state index contributed by atoms with van der Waals surface area (Å²) in [5.41, 5.74) is 2.01. The number of anilines is 1. The fourth-order valence-electron chi connectivity index (χ4n) is 1.65. The summed E-state index contributed by atoms with van der Waals surface area (Å²) in [5, 5.41) is 12.7. The standard InChI is InChI=1S/C14H19N3/c1-10(2)11(3)8-15-14-9-16-17-13-7-5-4-6-12(13)14/h4-7,9-11H,8H2,1-3H3,(H,15,17). The third-order valence-electron chi connectivity index (χ3n) is 3.30. The molecule has 0 radical (unpaired) electrons. The largest absolute Gasteiger partial charge is 0.383 e. The summed E-state index contributed by atoms with van der Waals surface area (Å²) in [5.74, 6) is 1.32. The van der Waals surface area contributed by atoms with Gasteiger partial charge in [-0.05, 0) is 17.9 Å². The monoisotopic (exact) mass is 229 g/mol. The maximum absolute atomic E-state index is 4.11. The molecule has 0 aliphatic heterocycles. The molecule has 17 heavy (non-hydrogen) atoms. The number of rotatable bonds is 4. The van der Waals surface area contributed by atoms with Gasteiger partial charge in [-0.3, -0.25) is 0 Å². The molecule has 3 heteroatoms. The van der Waals surface area contributed by atoms with Gasteiger partial charge in [-0.25, -0.2) is 0 Å².